The van der Waals surface area contributed by atoms with Gasteiger partial charge in [-0.15, -0.1) is 23.2 Å². The van der Waals surface area contributed by atoms with E-state index in [0.717, 1.165) is 17.7 Å². The highest BCUT2D eigenvalue weighted by molar-refractivity contribution is 6.52. The highest BCUT2D eigenvalue weighted by Gasteiger charge is 2.64. The van der Waals surface area contributed by atoms with Crippen molar-refractivity contribution in [1.82, 2.24) is 0 Å². The molecule has 3 rings (SSSR count). The number of hydrogen-bond acceptors (Lipinski definition) is 1. The smallest absolute Gasteiger partial charge is 0.266 e. The maximum atomic E-state index is 13.8. The van der Waals surface area contributed by atoms with Crippen molar-refractivity contribution in [3.8, 4) is 5.75 Å². The second-order valence-electron chi connectivity index (χ2n) is 5.48. The van der Waals surface area contributed by atoms with Crippen molar-refractivity contribution < 1.29 is 17.9 Å². The Morgan fingerprint density at radius 1 is 1.00 bits per heavy atom. The molecule has 0 amide bonds. The third-order valence-corrected chi connectivity index (χ3v) is 5.09. The number of ether oxygens (including phenoxy) is 1. The number of methoxy groups -OCH3 is 1. The monoisotopic (exact) mass is 360 g/mol. The Morgan fingerprint density at radius 3 is 2.09 bits per heavy atom. The van der Waals surface area contributed by atoms with E-state index in [9.17, 15) is 13.2 Å². The van der Waals surface area contributed by atoms with Crippen molar-refractivity contribution in [2.24, 2.45) is 0 Å². The molecule has 1 nitrogen and oxygen atoms in total. The third-order valence-electron chi connectivity index (χ3n) is 4.15. The summed E-state index contributed by atoms with van der Waals surface area (Å²) in [5.41, 5.74) is 0.780. The molecule has 2 atom stereocenters. The fraction of sp³-hybridized carbons (Fsp3) is 0.294. The number of halogens is 5. The molecule has 1 aliphatic rings. The highest BCUT2D eigenvalue weighted by atomic mass is 35.5. The van der Waals surface area contributed by atoms with Crippen LogP contribution >= 0.6 is 23.2 Å². The van der Waals surface area contributed by atoms with Crippen molar-refractivity contribution in [1.29, 1.82) is 0 Å². The van der Waals surface area contributed by atoms with Gasteiger partial charge in [0.2, 0.25) is 0 Å². The third kappa shape index (κ3) is 2.90. The lowest BCUT2D eigenvalue weighted by atomic mass is 10.0. The summed E-state index contributed by atoms with van der Waals surface area (Å²) in [6.45, 7) is 0. The zero-order valence-electron chi connectivity index (χ0n) is 12.1. The fourth-order valence-electron chi connectivity index (χ4n) is 2.88. The summed E-state index contributed by atoms with van der Waals surface area (Å²) in [7, 11) is 1.57. The van der Waals surface area contributed by atoms with Crippen molar-refractivity contribution in [3.63, 3.8) is 0 Å². The molecule has 1 aliphatic carbocycles. The van der Waals surface area contributed by atoms with Crippen LogP contribution in [0.25, 0.3) is 0 Å². The predicted molar refractivity (Wildman–Crippen MR) is 84.3 cm³/mol. The predicted octanol–water partition coefficient (Wildman–Crippen LogP) is 5.83. The topological polar surface area (TPSA) is 9.23 Å². The number of benzene rings is 2. The molecule has 23 heavy (non-hydrogen) atoms. The normalized spacial score (nSPS) is 22.2. The Bertz CT molecular complexity index is 716. The van der Waals surface area contributed by atoms with Crippen LogP contribution in [0, 0.1) is 5.82 Å². The van der Waals surface area contributed by atoms with Gasteiger partial charge >= 0.3 is 0 Å². The SMILES string of the molecule is COc1ccc(C2C(c3ccc(C(F)F)c(F)c3)C2(Cl)Cl)cc1. The molecule has 0 N–H and O–H groups in total. The van der Waals surface area contributed by atoms with E-state index in [0.29, 0.717) is 11.3 Å². The van der Waals surface area contributed by atoms with Gasteiger partial charge < -0.3 is 4.74 Å². The summed E-state index contributed by atoms with van der Waals surface area (Å²) < 4.78 is 43.1. The van der Waals surface area contributed by atoms with Crippen molar-refractivity contribution >= 4 is 23.2 Å². The lowest BCUT2D eigenvalue weighted by Gasteiger charge is -2.06. The molecule has 0 aromatic heterocycles. The minimum atomic E-state index is -2.85. The van der Waals surface area contributed by atoms with E-state index in [1.165, 1.54) is 6.07 Å². The van der Waals surface area contributed by atoms with Crippen LogP contribution < -0.4 is 4.74 Å². The maximum absolute atomic E-state index is 13.8. The van der Waals surface area contributed by atoms with Crippen LogP contribution in [0.15, 0.2) is 42.5 Å². The molecule has 122 valence electrons. The molecule has 2 aromatic rings. The van der Waals surface area contributed by atoms with Gasteiger partial charge in [0.1, 0.15) is 15.9 Å². The van der Waals surface area contributed by atoms with Gasteiger partial charge in [-0.2, -0.15) is 0 Å². The highest BCUT2D eigenvalue weighted by Crippen LogP contribution is 2.70. The molecule has 6 heteroatoms. The summed E-state index contributed by atoms with van der Waals surface area (Å²) in [6.07, 6.45) is -2.85. The molecule has 0 bridgehead atoms. The van der Waals surface area contributed by atoms with E-state index >= 15 is 0 Å². The molecule has 0 saturated heterocycles. The Balaban J connectivity index is 1.89. The molecule has 2 aromatic carbocycles. The second-order valence-corrected chi connectivity index (χ2v) is 6.93. The van der Waals surface area contributed by atoms with Gasteiger partial charge in [-0.05, 0) is 29.3 Å². The minimum Gasteiger partial charge on any atom is -0.497 e. The Morgan fingerprint density at radius 2 is 1.57 bits per heavy atom. The summed E-state index contributed by atoms with van der Waals surface area (Å²) in [6, 6.07) is 10.9. The largest absolute Gasteiger partial charge is 0.497 e. The van der Waals surface area contributed by atoms with Crippen molar-refractivity contribution in [2.45, 2.75) is 22.6 Å². The van der Waals surface area contributed by atoms with Crippen LogP contribution in [-0.4, -0.2) is 11.4 Å². The summed E-state index contributed by atoms with van der Waals surface area (Å²) in [5.74, 6) is -0.816. The van der Waals surface area contributed by atoms with Crippen molar-refractivity contribution in [2.75, 3.05) is 7.11 Å². The first-order valence-electron chi connectivity index (χ1n) is 6.95. The first-order valence-corrected chi connectivity index (χ1v) is 7.71. The standard InChI is InChI=1S/C17H13Cl2F3O/c1-23-11-5-2-9(3-6-11)14-15(17(14,18)19)10-4-7-12(16(21)22)13(20)8-10/h2-8,14-16H,1H3. The zero-order valence-corrected chi connectivity index (χ0v) is 13.6. The fourth-order valence-corrected chi connectivity index (χ4v) is 3.76. The Hall–Kier alpha value is -1.39. The van der Waals surface area contributed by atoms with Gasteiger partial charge in [0.15, 0.2) is 0 Å². The molecule has 1 saturated carbocycles. The van der Waals surface area contributed by atoms with Crippen LogP contribution in [-0.2, 0) is 0 Å². The number of rotatable bonds is 4. The molecular formula is C17H13Cl2F3O. The maximum Gasteiger partial charge on any atom is 0.266 e. The summed E-state index contributed by atoms with van der Waals surface area (Å²) in [4.78, 5) is 0. The first kappa shape index (κ1) is 16.5. The van der Waals surface area contributed by atoms with E-state index in [-0.39, 0.29) is 11.8 Å². The van der Waals surface area contributed by atoms with Crippen LogP contribution in [0.5, 0.6) is 5.75 Å². The van der Waals surface area contributed by atoms with Gasteiger partial charge in [-0.1, -0.05) is 24.3 Å². The van der Waals surface area contributed by atoms with Gasteiger partial charge in [-0.25, -0.2) is 13.2 Å². The quantitative estimate of drug-likeness (QED) is 0.623. The molecule has 0 spiro atoms. The molecule has 2 unspecified atom stereocenters. The molecule has 0 aliphatic heterocycles. The Labute approximate surface area is 142 Å². The van der Waals surface area contributed by atoms with Crippen LogP contribution in [0.1, 0.15) is 35.0 Å². The van der Waals surface area contributed by atoms with E-state index in [1.807, 2.05) is 12.1 Å². The zero-order chi connectivity index (χ0) is 16.8. The number of alkyl halides is 4. The minimum absolute atomic E-state index is 0.228. The van der Waals surface area contributed by atoms with Crippen LogP contribution in [0.3, 0.4) is 0 Å². The van der Waals surface area contributed by atoms with E-state index in [1.54, 1.807) is 19.2 Å². The van der Waals surface area contributed by atoms with Gasteiger partial charge in [-0.3, -0.25) is 0 Å². The first-order chi connectivity index (χ1) is 10.9. The lowest BCUT2D eigenvalue weighted by Crippen LogP contribution is -1.95. The van der Waals surface area contributed by atoms with E-state index in [4.69, 9.17) is 27.9 Å². The lowest BCUT2D eigenvalue weighted by molar-refractivity contribution is 0.146. The molecule has 1 fully saturated rings. The average Bonchev–Trinajstić information content (AvgIpc) is 3.09. The molecule has 0 radical (unpaired) electrons. The van der Waals surface area contributed by atoms with Crippen molar-refractivity contribution in [3.05, 3.63) is 65.0 Å². The Kier molecular flexibility index (Phi) is 4.23. The summed E-state index contributed by atoms with van der Waals surface area (Å²) >= 11 is 12.7. The van der Waals surface area contributed by atoms with Crippen LogP contribution in [0.2, 0.25) is 0 Å². The molecular weight excluding hydrogens is 348 g/mol. The molecule has 0 heterocycles. The van der Waals surface area contributed by atoms with E-state index in [2.05, 4.69) is 0 Å². The van der Waals surface area contributed by atoms with Gasteiger partial charge in [0.25, 0.3) is 6.43 Å². The van der Waals surface area contributed by atoms with Crippen LogP contribution in [0.4, 0.5) is 13.2 Å². The van der Waals surface area contributed by atoms with Gasteiger partial charge in [0, 0.05) is 11.8 Å². The van der Waals surface area contributed by atoms with E-state index < -0.39 is 22.1 Å². The second kappa shape index (κ2) is 5.91. The average molecular weight is 361 g/mol. The number of hydrogen-bond donors (Lipinski definition) is 0. The van der Waals surface area contributed by atoms with Gasteiger partial charge in [0.05, 0.1) is 12.7 Å². The summed E-state index contributed by atoms with van der Waals surface area (Å²) in [5, 5.41) is 0.